The minimum atomic E-state index is 0.272. The maximum absolute atomic E-state index is 5.30. The van der Waals surface area contributed by atoms with Gasteiger partial charge in [-0.2, -0.15) is 0 Å². The largest absolute Gasteiger partial charge is 0.353 e. The van der Waals surface area contributed by atoms with Crippen LogP contribution in [-0.4, -0.2) is 32.6 Å². The molecule has 65 valence electrons. The topological polar surface area (TPSA) is 30.5 Å². The van der Waals surface area contributed by atoms with Gasteiger partial charge in [0, 0.05) is 6.04 Å². The molecule has 0 amide bonds. The van der Waals surface area contributed by atoms with Crippen molar-refractivity contribution in [2.75, 3.05) is 20.4 Å². The number of nitrogens with one attached hydrogen (secondary N) is 1. The molecule has 1 saturated heterocycles. The van der Waals surface area contributed by atoms with Crippen LogP contribution in [0.4, 0.5) is 0 Å². The summed E-state index contributed by atoms with van der Waals surface area (Å²) in [6, 6.07) is 0.460. The zero-order valence-corrected chi connectivity index (χ0v) is 7.01. The van der Waals surface area contributed by atoms with E-state index in [1.54, 1.807) is 0 Å². The number of rotatable bonds is 4. The highest BCUT2D eigenvalue weighted by molar-refractivity contribution is 4.72. The van der Waals surface area contributed by atoms with Gasteiger partial charge in [0.2, 0.25) is 0 Å². The third-order valence-electron chi connectivity index (χ3n) is 1.99. The van der Waals surface area contributed by atoms with Crippen LogP contribution in [-0.2, 0) is 9.47 Å². The molecule has 3 heteroatoms. The Bertz CT molecular complexity index is 98.3. The Morgan fingerprint density at radius 3 is 3.00 bits per heavy atom. The molecule has 0 aromatic carbocycles. The van der Waals surface area contributed by atoms with Gasteiger partial charge in [-0.3, -0.25) is 0 Å². The lowest BCUT2D eigenvalue weighted by atomic mass is 10.1. The van der Waals surface area contributed by atoms with E-state index in [0.717, 1.165) is 19.4 Å². The summed E-state index contributed by atoms with van der Waals surface area (Å²) in [5, 5.41) is 3.18. The van der Waals surface area contributed by atoms with Crippen LogP contribution in [0.5, 0.6) is 0 Å². The first kappa shape index (κ1) is 8.97. The monoisotopic (exact) mass is 158 g/mol. The average Bonchev–Trinajstić information content (AvgIpc) is 2.52. The van der Waals surface area contributed by atoms with Gasteiger partial charge in [0.1, 0.15) is 6.79 Å². The van der Waals surface area contributed by atoms with E-state index in [2.05, 4.69) is 12.2 Å². The fraction of sp³-hybridized carbons (Fsp3) is 0.875. The highest BCUT2D eigenvalue weighted by Gasteiger charge is 2.19. The van der Waals surface area contributed by atoms with E-state index in [0.29, 0.717) is 12.8 Å². The van der Waals surface area contributed by atoms with E-state index in [1.807, 2.05) is 7.05 Å². The second-order valence-corrected chi connectivity index (χ2v) is 2.79. The Labute approximate surface area is 68.1 Å². The third-order valence-corrected chi connectivity index (χ3v) is 1.99. The lowest BCUT2D eigenvalue weighted by Gasteiger charge is -2.16. The molecule has 1 fully saturated rings. The first-order valence-corrected chi connectivity index (χ1v) is 4.02. The highest BCUT2D eigenvalue weighted by atomic mass is 16.7. The zero-order valence-electron chi connectivity index (χ0n) is 7.01. The Morgan fingerprint density at radius 1 is 1.73 bits per heavy atom. The van der Waals surface area contributed by atoms with Crippen LogP contribution in [0.3, 0.4) is 0 Å². The van der Waals surface area contributed by atoms with Crippen molar-refractivity contribution >= 4 is 0 Å². The maximum atomic E-state index is 5.30. The Hall–Kier alpha value is -0.120. The molecule has 1 radical (unpaired) electrons. The Morgan fingerprint density at radius 2 is 2.55 bits per heavy atom. The van der Waals surface area contributed by atoms with Gasteiger partial charge < -0.3 is 14.8 Å². The zero-order chi connectivity index (χ0) is 8.10. The van der Waals surface area contributed by atoms with Crippen LogP contribution in [0.25, 0.3) is 0 Å². The predicted octanol–water partition coefficient (Wildman–Crippen LogP) is 0.562. The molecule has 1 aliphatic heterocycles. The van der Waals surface area contributed by atoms with Crippen molar-refractivity contribution < 1.29 is 9.47 Å². The molecule has 0 saturated carbocycles. The van der Waals surface area contributed by atoms with Crippen molar-refractivity contribution in [3.8, 4) is 0 Å². The first-order valence-electron chi connectivity index (χ1n) is 4.02. The molecule has 0 aromatic rings. The molecule has 1 aliphatic rings. The van der Waals surface area contributed by atoms with Crippen molar-refractivity contribution in [2.45, 2.75) is 25.0 Å². The van der Waals surface area contributed by atoms with Crippen molar-refractivity contribution in [2.24, 2.45) is 0 Å². The fourth-order valence-corrected chi connectivity index (χ4v) is 1.21. The normalized spacial score (nSPS) is 27.3. The SMILES string of the molecule is [CH2]CC(CC1COCO1)NC. The van der Waals surface area contributed by atoms with Crippen LogP contribution in [0.15, 0.2) is 0 Å². The van der Waals surface area contributed by atoms with Crippen LogP contribution in [0.2, 0.25) is 0 Å². The quantitative estimate of drug-likeness (QED) is 0.648. The summed E-state index contributed by atoms with van der Waals surface area (Å²) < 4.78 is 10.4. The van der Waals surface area contributed by atoms with E-state index >= 15 is 0 Å². The summed E-state index contributed by atoms with van der Waals surface area (Å²) >= 11 is 0. The van der Waals surface area contributed by atoms with Gasteiger partial charge in [-0.25, -0.2) is 0 Å². The summed E-state index contributed by atoms with van der Waals surface area (Å²) in [4.78, 5) is 0. The summed E-state index contributed by atoms with van der Waals surface area (Å²) in [5.74, 6) is 0. The molecule has 0 aliphatic carbocycles. The van der Waals surface area contributed by atoms with Crippen LogP contribution in [0.1, 0.15) is 12.8 Å². The van der Waals surface area contributed by atoms with Crippen molar-refractivity contribution in [3.63, 3.8) is 0 Å². The lowest BCUT2D eigenvalue weighted by Crippen LogP contribution is -2.29. The standard InChI is InChI=1S/C8H16NO2/c1-3-7(9-2)4-8-5-10-6-11-8/h7-9H,1,3-6H2,2H3. The van der Waals surface area contributed by atoms with Crippen molar-refractivity contribution in [3.05, 3.63) is 6.92 Å². The molecule has 2 unspecified atom stereocenters. The fourth-order valence-electron chi connectivity index (χ4n) is 1.21. The van der Waals surface area contributed by atoms with Gasteiger partial charge in [0.05, 0.1) is 12.7 Å². The summed E-state index contributed by atoms with van der Waals surface area (Å²) in [5.41, 5.74) is 0. The molecule has 1 heterocycles. The molecular weight excluding hydrogens is 142 g/mol. The molecule has 0 bridgehead atoms. The molecule has 0 spiro atoms. The van der Waals surface area contributed by atoms with E-state index in [1.165, 1.54) is 0 Å². The lowest BCUT2D eigenvalue weighted by molar-refractivity contribution is 0.0421. The molecule has 0 aromatic heterocycles. The first-order chi connectivity index (χ1) is 5.36. The van der Waals surface area contributed by atoms with E-state index in [-0.39, 0.29) is 6.10 Å². The van der Waals surface area contributed by atoms with E-state index < -0.39 is 0 Å². The second-order valence-electron chi connectivity index (χ2n) is 2.79. The van der Waals surface area contributed by atoms with Crippen molar-refractivity contribution in [1.29, 1.82) is 0 Å². The smallest absolute Gasteiger partial charge is 0.147 e. The number of ether oxygens (including phenoxy) is 2. The molecule has 3 nitrogen and oxygen atoms in total. The molecule has 2 atom stereocenters. The van der Waals surface area contributed by atoms with Gasteiger partial charge in [0.15, 0.2) is 0 Å². The molecular formula is C8H16NO2. The van der Waals surface area contributed by atoms with Gasteiger partial charge in [0.25, 0.3) is 0 Å². The van der Waals surface area contributed by atoms with Gasteiger partial charge in [-0.05, 0) is 19.9 Å². The van der Waals surface area contributed by atoms with Crippen LogP contribution < -0.4 is 5.32 Å². The third kappa shape index (κ3) is 2.77. The van der Waals surface area contributed by atoms with Crippen LogP contribution in [0, 0.1) is 6.92 Å². The number of hydrogen-bond acceptors (Lipinski definition) is 3. The summed E-state index contributed by atoms with van der Waals surface area (Å²) in [6.45, 7) is 5.03. The van der Waals surface area contributed by atoms with Crippen LogP contribution >= 0.6 is 0 Å². The van der Waals surface area contributed by atoms with Gasteiger partial charge >= 0.3 is 0 Å². The molecule has 1 N–H and O–H groups in total. The summed E-state index contributed by atoms with van der Waals surface area (Å²) in [6.07, 6.45) is 2.17. The van der Waals surface area contributed by atoms with Gasteiger partial charge in [-0.15, -0.1) is 0 Å². The predicted molar refractivity (Wildman–Crippen MR) is 43.1 cm³/mol. The minimum absolute atomic E-state index is 0.272. The minimum Gasteiger partial charge on any atom is -0.353 e. The second kappa shape index (κ2) is 4.70. The summed E-state index contributed by atoms with van der Waals surface area (Å²) in [7, 11) is 1.95. The average molecular weight is 158 g/mol. The molecule has 1 rings (SSSR count). The van der Waals surface area contributed by atoms with Crippen molar-refractivity contribution in [1.82, 2.24) is 5.32 Å². The Kier molecular flexibility index (Phi) is 3.83. The van der Waals surface area contributed by atoms with E-state index in [9.17, 15) is 0 Å². The van der Waals surface area contributed by atoms with Gasteiger partial charge in [-0.1, -0.05) is 6.92 Å². The Balaban J connectivity index is 2.16. The van der Waals surface area contributed by atoms with E-state index in [4.69, 9.17) is 9.47 Å². The number of hydrogen-bond donors (Lipinski definition) is 1. The highest BCUT2D eigenvalue weighted by Crippen LogP contribution is 2.10. The maximum Gasteiger partial charge on any atom is 0.147 e. The molecule has 11 heavy (non-hydrogen) atoms.